The largest absolute Gasteiger partial charge is 0.397 e. The monoisotopic (exact) mass is 262 g/mol. The van der Waals surface area contributed by atoms with E-state index < -0.39 is 6.10 Å². The maximum atomic E-state index is 10.4. The zero-order valence-corrected chi connectivity index (χ0v) is 11.6. The fourth-order valence-corrected chi connectivity index (χ4v) is 3.16. The standard InChI is InChI=1S/C15H22N2O2/c1-15(2)9-10-7-12(16)13(8-11(10)14(15)18)17-3-5-19-6-4-17/h7-8,14,18H,3-6,9,16H2,1-2H3. The molecule has 2 aliphatic rings. The summed E-state index contributed by atoms with van der Waals surface area (Å²) in [4.78, 5) is 2.25. The lowest BCUT2D eigenvalue weighted by Crippen LogP contribution is -2.36. The van der Waals surface area contributed by atoms with Crippen LogP contribution in [0.15, 0.2) is 12.1 Å². The molecule has 4 heteroatoms. The Morgan fingerprint density at radius 3 is 2.68 bits per heavy atom. The van der Waals surface area contributed by atoms with Gasteiger partial charge in [0.05, 0.1) is 30.7 Å². The number of ether oxygens (including phenoxy) is 1. The van der Waals surface area contributed by atoms with Crippen molar-refractivity contribution < 1.29 is 9.84 Å². The molecule has 1 aromatic rings. The molecule has 0 saturated carbocycles. The number of nitrogens with zero attached hydrogens (tertiary/aromatic N) is 1. The number of anilines is 2. The molecule has 3 rings (SSSR count). The van der Waals surface area contributed by atoms with Crippen molar-refractivity contribution in [3.63, 3.8) is 0 Å². The molecule has 4 nitrogen and oxygen atoms in total. The van der Waals surface area contributed by atoms with Crippen LogP contribution in [0, 0.1) is 5.41 Å². The van der Waals surface area contributed by atoms with Gasteiger partial charge in [-0.3, -0.25) is 0 Å². The first kappa shape index (κ1) is 12.8. The molecule has 0 amide bonds. The molecule has 1 aliphatic carbocycles. The molecule has 19 heavy (non-hydrogen) atoms. The molecule has 1 aliphatic heterocycles. The molecule has 1 atom stereocenters. The number of hydrogen-bond acceptors (Lipinski definition) is 4. The minimum absolute atomic E-state index is 0.0988. The van der Waals surface area contributed by atoms with Crippen molar-refractivity contribution in [3.05, 3.63) is 23.3 Å². The van der Waals surface area contributed by atoms with Crippen LogP contribution >= 0.6 is 0 Å². The summed E-state index contributed by atoms with van der Waals surface area (Å²) in [5.74, 6) is 0. The molecule has 0 spiro atoms. The SMILES string of the molecule is CC1(C)Cc2cc(N)c(N3CCOCC3)cc2C1O. The molecule has 0 aromatic heterocycles. The Labute approximate surface area is 114 Å². The molecule has 104 valence electrons. The van der Waals surface area contributed by atoms with Gasteiger partial charge in [0, 0.05) is 13.1 Å². The van der Waals surface area contributed by atoms with E-state index in [0.717, 1.165) is 49.7 Å². The van der Waals surface area contributed by atoms with Crippen LogP contribution in [0.2, 0.25) is 0 Å². The Morgan fingerprint density at radius 2 is 2.00 bits per heavy atom. The van der Waals surface area contributed by atoms with Crippen LogP contribution in [0.5, 0.6) is 0 Å². The molecular weight excluding hydrogens is 240 g/mol. The number of aliphatic hydroxyl groups excluding tert-OH is 1. The van der Waals surface area contributed by atoms with Crippen LogP contribution < -0.4 is 10.6 Å². The third-order valence-electron chi connectivity index (χ3n) is 4.32. The number of rotatable bonds is 1. The molecule has 1 fully saturated rings. The van der Waals surface area contributed by atoms with Crippen molar-refractivity contribution in [2.75, 3.05) is 36.9 Å². The summed E-state index contributed by atoms with van der Waals surface area (Å²) in [6.45, 7) is 7.41. The molecule has 0 radical (unpaired) electrons. The molecular formula is C15H22N2O2. The molecule has 1 saturated heterocycles. The first-order chi connectivity index (χ1) is 8.99. The van der Waals surface area contributed by atoms with E-state index in [0.29, 0.717) is 0 Å². The first-order valence-electron chi connectivity index (χ1n) is 6.92. The van der Waals surface area contributed by atoms with Gasteiger partial charge in [-0.2, -0.15) is 0 Å². The molecule has 1 unspecified atom stereocenters. The van der Waals surface area contributed by atoms with E-state index in [4.69, 9.17) is 10.5 Å². The molecule has 3 N–H and O–H groups in total. The molecule has 1 aromatic carbocycles. The summed E-state index contributed by atoms with van der Waals surface area (Å²) in [7, 11) is 0. The number of nitrogen functional groups attached to an aromatic ring is 1. The van der Waals surface area contributed by atoms with E-state index in [9.17, 15) is 5.11 Å². The van der Waals surface area contributed by atoms with E-state index >= 15 is 0 Å². The van der Waals surface area contributed by atoms with Gasteiger partial charge < -0.3 is 20.5 Å². The lowest BCUT2D eigenvalue weighted by molar-refractivity contribution is 0.0666. The number of hydrogen-bond donors (Lipinski definition) is 2. The average molecular weight is 262 g/mol. The highest BCUT2D eigenvalue weighted by atomic mass is 16.5. The number of fused-ring (bicyclic) bond motifs is 1. The number of morpholine rings is 1. The van der Waals surface area contributed by atoms with Crippen molar-refractivity contribution in [2.24, 2.45) is 5.41 Å². The smallest absolute Gasteiger partial charge is 0.0847 e. The zero-order valence-electron chi connectivity index (χ0n) is 11.6. The van der Waals surface area contributed by atoms with Crippen molar-refractivity contribution in [1.82, 2.24) is 0 Å². The summed E-state index contributed by atoms with van der Waals surface area (Å²) in [6, 6.07) is 4.12. The van der Waals surface area contributed by atoms with Gasteiger partial charge in [0.1, 0.15) is 0 Å². The highest BCUT2D eigenvalue weighted by Crippen LogP contribution is 2.47. The van der Waals surface area contributed by atoms with Gasteiger partial charge in [0.25, 0.3) is 0 Å². The van der Waals surface area contributed by atoms with Crippen molar-refractivity contribution in [2.45, 2.75) is 26.4 Å². The molecule has 1 heterocycles. The Morgan fingerprint density at radius 1 is 1.32 bits per heavy atom. The normalized spacial score (nSPS) is 25.4. The predicted molar refractivity (Wildman–Crippen MR) is 76.3 cm³/mol. The van der Waals surface area contributed by atoms with Gasteiger partial charge >= 0.3 is 0 Å². The first-order valence-corrected chi connectivity index (χ1v) is 6.92. The molecule has 0 bridgehead atoms. The van der Waals surface area contributed by atoms with Crippen molar-refractivity contribution >= 4 is 11.4 Å². The van der Waals surface area contributed by atoms with Gasteiger partial charge in [0.2, 0.25) is 0 Å². The topological polar surface area (TPSA) is 58.7 Å². The van der Waals surface area contributed by atoms with E-state index in [1.54, 1.807) is 0 Å². The minimum atomic E-state index is -0.400. The Hall–Kier alpha value is -1.26. The third kappa shape index (κ3) is 2.09. The Kier molecular flexibility index (Phi) is 2.95. The highest BCUT2D eigenvalue weighted by molar-refractivity contribution is 5.71. The maximum absolute atomic E-state index is 10.4. The van der Waals surface area contributed by atoms with Gasteiger partial charge in [-0.15, -0.1) is 0 Å². The lowest BCUT2D eigenvalue weighted by atomic mass is 9.87. The zero-order chi connectivity index (χ0) is 13.6. The van der Waals surface area contributed by atoms with Crippen molar-refractivity contribution in [3.8, 4) is 0 Å². The van der Waals surface area contributed by atoms with E-state index in [-0.39, 0.29) is 5.41 Å². The van der Waals surface area contributed by atoms with Gasteiger partial charge in [-0.1, -0.05) is 13.8 Å². The second-order valence-electron chi connectivity index (χ2n) is 6.28. The second kappa shape index (κ2) is 4.39. The van der Waals surface area contributed by atoms with Gasteiger partial charge in [0.15, 0.2) is 0 Å². The lowest BCUT2D eigenvalue weighted by Gasteiger charge is -2.30. The van der Waals surface area contributed by atoms with Crippen LogP contribution in [0.4, 0.5) is 11.4 Å². The maximum Gasteiger partial charge on any atom is 0.0847 e. The van der Waals surface area contributed by atoms with Crippen LogP contribution in [-0.4, -0.2) is 31.4 Å². The van der Waals surface area contributed by atoms with Crippen LogP contribution in [0.1, 0.15) is 31.1 Å². The van der Waals surface area contributed by atoms with Gasteiger partial charge in [-0.25, -0.2) is 0 Å². The summed E-state index contributed by atoms with van der Waals surface area (Å²) >= 11 is 0. The van der Waals surface area contributed by atoms with Crippen LogP contribution in [0.25, 0.3) is 0 Å². The minimum Gasteiger partial charge on any atom is -0.397 e. The number of aliphatic hydroxyl groups is 1. The summed E-state index contributed by atoms with van der Waals surface area (Å²) < 4.78 is 5.38. The van der Waals surface area contributed by atoms with Crippen LogP contribution in [0.3, 0.4) is 0 Å². The van der Waals surface area contributed by atoms with E-state index in [1.165, 1.54) is 5.56 Å². The number of benzene rings is 1. The average Bonchev–Trinajstić information content (AvgIpc) is 2.60. The Balaban J connectivity index is 1.98. The number of nitrogens with two attached hydrogens (primary N) is 1. The third-order valence-corrected chi connectivity index (χ3v) is 4.32. The second-order valence-corrected chi connectivity index (χ2v) is 6.28. The van der Waals surface area contributed by atoms with E-state index in [2.05, 4.69) is 24.8 Å². The highest BCUT2D eigenvalue weighted by Gasteiger charge is 2.38. The van der Waals surface area contributed by atoms with Crippen LogP contribution in [-0.2, 0) is 11.2 Å². The fourth-order valence-electron chi connectivity index (χ4n) is 3.16. The summed E-state index contributed by atoms with van der Waals surface area (Å²) in [5.41, 5.74) is 10.2. The quantitative estimate of drug-likeness (QED) is 0.757. The van der Waals surface area contributed by atoms with Gasteiger partial charge in [-0.05, 0) is 35.1 Å². The summed E-state index contributed by atoms with van der Waals surface area (Å²) in [6.07, 6.45) is 0.486. The fraction of sp³-hybridized carbons (Fsp3) is 0.600. The van der Waals surface area contributed by atoms with E-state index in [1.807, 2.05) is 6.07 Å². The summed E-state index contributed by atoms with van der Waals surface area (Å²) in [5, 5.41) is 10.4. The van der Waals surface area contributed by atoms with Crippen molar-refractivity contribution in [1.29, 1.82) is 0 Å². The Bertz CT molecular complexity index is 493. The predicted octanol–water partition coefficient (Wildman–Crippen LogP) is 1.72.